The monoisotopic (exact) mass is 371 g/mol. The quantitative estimate of drug-likeness (QED) is 0.733. The first-order valence-electron chi connectivity index (χ1n) is 10.1. The number of anilines is 3. The molecule has 2 heterocycles. The summed E-state index contributed by atoms with van der Waals surface area (Å²) in [6.45, 7) is 3.92. The van der Waals surface area contributed by atoms with Crippen LogP contribution < -0.4 is 15.1 Å². The molecule has 2 aliphatic rings. The molecule has 1 saturated heterocycles. The van der Waals surface area contributed by atoms with E-state index in [1.807, 2.05) is 6.07 Å². The lowest BCUT2D eigenvalue weighted by Crippen LogP contribution is -2.46. The number of nitrogens with zero attached hydrogens (tertiary/aromatic N) is 4. The van der Waals surface area contributed by atoms with Gasteiger partial charge in [0.2, 0.25) is 5.95 Å². The molecule has 2 aromatic carbocycles. The first kappa shape index (κ1) is 17.0. The summed E-state index contributed by atoms with van der Waals surface area (Å²) in [4.78, 5) is 14.5. The van der Waals surface area contributed by atoms with Crippen LogP contribution in [0.5, 0.6) is 0 Å². The molecule has 5 rings (SSSR count). The molecule has 1 aromatic heterocycles. The summed E-state index contributed by atoms with van der Waals surface area (Å²) in [5.74, 6) is 1.77. The predicted molar refractivity (Wildman–Crippen MR) is 115 cm³/mol. The second kappa shape index (κ2) is 7.50. The van der Waals surface area contributed by atoms with E-state index < -0.39 is 0 Å². The van der Waals surface area contributed by atoms with Gasteiger partial charge in [-0.05, 0) is 25.0 Å². The summed E-state index contributed by atoms with van der Waals surface area (Å²) >= 11 is 0. The first-order valence-corrected chi connectivity index (χ1v) is 10.1. The fourth-order valence-electron chi connectivity index (χ4n) is 3.66. The first-order chi connectivity index (χ1) is 13.8. The zero-order chi connectivity index (χ0) is 18.8. The second-order valence-electron chi connectivity index (χ2n) is 7.53. The van der Waals surface area contributed by atoms with Gasteiger partial charge >= 0.3 is 0 Å². The van der Waals surface area contributed by atoms with Crippen molar-refractivity contribution in [3.8, 4) is 11.3 Å². The molecule has 1 saturated carbocycles. The highest BCUT2D eigenvalue weighted by Crippen LogP contribution is 2.28. The van der Waals surface area contributed by atoms with Gasteiger partial charge in [-0.1, -0.05) is 48.5 Å². The van der Waals surface area contributed by atoms with Crippen LogP contribution in [-0.2, 0) is 0 Å². The molecule has 0 atom stereocenters. The van der Waals surface area contributed by atoms with E-state index in [0.29, 0.717) is 6.04 Å². The average molecular weight is 371 g/mol. The van der Waals surface area contributed by atoms with Gasteiger partial charge in [0.25, 0.3) is 0 Å². The lowest BCUT2D eigenvalue weighted by molar-refractivity contribution is 0.647. The maximum atomic E-state index is 4.85. The van der Waals surface area contributed by atoms with E-state index in [9.17, 15) is 0 Å². The van der Waals surface area contributed by atoms with Gasteiger partial charge < -0.3 is 15.1 Å². The van der Waals surface area contributed by atoms with Crippen LogP contribution >= 0.6 is 0 Å². The summed E-state index contributed by atoms with van der Waals surface area (Å²) in [6.07, 6.45) is 2.42. The second-order valence-corrected chi connectivity index (χ2v) is 7.53. The lowest BCUT2D eigenvalue weighted by Gasteiger charge is -2.37. The Labute approximate surface area is 166 Å². The van der Waals surface area contributed by atoms with Crippen molar-refractivity contribution in [3.05, 3.63) is 66.7 Å². The molecule has 0 radical (unpaired) electrons. The molecule has 142 valence electrons. The van der Waals surface area contributed by atoms with E-state index in [-0.39, 0.29) is 0 Å². The molecule has 0 unspecified atom stereocenters. The Hall–Kier alpha value is -3.08. The maximum Gasteiger partial charge on any atom is 0.225 e. The lowest BCUT2D eigenvalue weighted by atomic mass is 10.1. The number of para-hydroxylation sites is 1. The smallest absolute Gasteiger partial charge is 0.225 e. The average Bonchev–Trinajstić information content (AvgIpc) is 3.59. The van der Waals surface area contributed by atoms with Crippen molar-refractivity contribution < 1.29 is 0 Å². The highest BCUT2D eigenvalue weighted by Gasteiger charge is 2.24. The van der Waals surface area contributed by atoms with Gasteiger partial charge in [-0.25, -0.2) is 4.98 Å². The maximum absolute atomic E-state index is 4.85. The van der Waals surface area contributed by atoms with Crippen LogP contribution in [0.2, 0.25) is 0 Å². The molecule has 5 heteroatoms. The van der Waals surface area contributed by atoms with Crippen LogP contribution in [0.15, 0.2) is 66.7 Å². The van der Waals surface area contributed by atoms with Crippen molar-refractivity contribution in [1.82, 2.24) is 9.97 Å². The third-order valence-electron chi connectivity index (χ3n) is 5.42. The van der Waals surface area contributed by atoms with Gasteiger partial charge in [0.15, 0.2) is 0 Å². The minimum absolute atomic E-state index is 0.536. The van der Waals surface area contributed by atoms with Gasteiger partial charge in [0.1, 0.15) is 5.82 Å². The molecule has 1 aliphatic heterocycles. The minimum atomic E-state index is 0.536. The van der Waals surface area contributed by atoms with Gasteiger partial charge in [0.05, 0.1) is 5.69 Å². The number of hydrogen-bond acceptors (Lipinski definition) is 5. The normalized spacial score (nSPS) is 16.9. The van der Waals surface area contributed by atoms with Crippen LogP contribution in [0.25, 0.3) is 11.3 Å². The van der Waals surface area contributed by atoms with Crippen molar-refractivity contribution in [2.24, 2.45) is 0 Å². The summed E-state index contributed by atoms with van der Waals surface area (Å²) in [5.41, 5.74) is 3.41. The van der Waals surface area contributed by atoms with Gasteiger partial charge in [-0.3, -0.25) is 0 Å². The fourth-order valence-corrected chi connectivity index (χ4v) is 3.66. The standard InChI is InChI=1S/C23H25N5/c1-3-7-18(8-4-1)21-17-22(26-23(25-21)24-19-11-12-19)28-15-13-27(14-16-28)20-9-5-2-6-10-20/h1-10,17,19H,11-16H2,(H,24,25,26). The number of rotatable bonds is 5. The molecule has 28 heavy (non-hydrogen) atoms. The summed E-state index contributed by atoms with van der Waals surface area (Å²) in [7, 11) is 0. The Balaban J connectivity index is 1.38. The third-order valence-corrected chi connectivity index (χ3v) is 5.42. The number of aromatic nitrogens is 2. The van der Waals surface area contributed by atoms with Crippen molar-refractivity contribution in [2.45, 2.75) is 18.9 Å². The summed E-state index contributed by atoms with van der Waals surface area (Å²) in [6, 6.07) is 23.7. The molecular weight excluding hydrogens is 346 g/mol. The molecule has 1 aliphatic carbocycles. The molecule has 5 nitrogen and oxygen atoms in total. The number of benzene rings is 2. The van der Waals surface area contributed by atoms with Crippen molar-refractivity contribution >= 4 is 17.5 Å². The Kier molecular flexibility index (Phi) is 4.57. The summed E-state index contributed by atoms with van der Waals surface area (Å²) < 4.78 is 0. The molecule has 1 N–H and O–H groups in total. The Morgan fingerprint density at radius 1 is 0.750 bits per heavy atom. The number of piperazine rings is 1. The molecule has 0 amide bonds. The van der Waals surface area contributed by atoms with E-state index in [4.69, 9.17) is 9.97 Å². The molecule has 2 fully saturated rings. The molecular formula is C23H25N5. The fraction of sp³-hybridized carbons (Fsp3) is 0.304. The van der Waals surface area contributed by atoms with E-state index >= 15 is 0 Å². The van der Waals surface area contributed by atoms with E-state index in [1.54, 1.807) is 0 Å². The van der Waals surface area contributed by atoms with Crippen LogP contribution in [0.1, 0.15) is 12.8 Å². The van der Waals surface area contributed by atoms with Crippen LogP contribution in [0.4, 0.5) is 17.5 Å². The summed E-state index contributed by atoms with van der Waals surface area (Å²) in [5, 5.41) is 3.48. The predicted octanol–water partition coefficient (Wildman–Crippen LogP) is 4.04. The Bertz CT molecular complexity index is 916. The van der Waals surface area contributed by atoms with Crippen molar-refractivity contribution in [1.29, 1.82) is 0 Å². The molecule has 0 spiro atoms. The Morgan fingerprint density at radius 2 is 1.39 bits per heavy atom. The number of nitrogens with one attached hydrogen (secondary N) is 1. The van der Waals surface area contributed by atoms with Gasteiger partial charge in [-0.2, -0.15) is 4.98 Å². The minimum Gasteiger partial charge on any atom is -0.368 e. The van der Waals surface area contributed by atoms with Crippen LogP contribution in [0, 0.1) is 0 Å². The topological polar surface area (TPSA) is 44.3 Å². The van der Waals surface area contributed by atoms with Crippen molar-refractivity contribution in [2.75, 3.05) is 41.3 Å². The van der Waals surface area contributed by atoms with Gasteiger partial charge in [-0.15, -0.1) is 0 Å². The highest BCUT2D eigenvalue weighted by molar-refractivity contribution is 5.65. The molecule has 0 bridgehead atoms. The number of hydrogen-bond donors (Lipinski definition) is 1. The molecule has 3 aromatic rings. The van der Waals surface area contributed by atoms with E-state index in [2.05, 4.69) is 75.8 Å². The Morgan fingerprint density at radius 3 is 2.07 bits per heavy atom. The van der Waals surface area contributed by atoms with Gasteiger partial charge in [0, 0.05) is 49.5 Å². The van der Waals surface area contributed by atoms with Crippen LogP contribution in [0.3, 0.4) is 0 Å². The highest BCUT2D eigenvalue weighted by atomic mass is 15.3. The SMILES string of the molecule is c1ccc(-c2cc(N3CCN(c4ccccc4)CC3)nc(NC3CC3)n2)cc1. The largest absolute Gasteiger partial charge is 0.368 e. The third kappa shape index (κ3) is 3.79. The van der Waals surface area contributed by atoms with E-state index in [1.165, 1.54) is 18.5 Å². The zero-order valence-electron chi connectivity index (χ0n) is 16.0. The van der Waals surface area contributed by atoms with Crippen LogP contribution in [-0.4, -0.2) is 42.2 Å². The van der Waals surface area contributed by atoms with E-state index in [0.717, 1.165) is 49.2 Å². The zero-order valence-corrected chi connectivity index (χ0v) is 16.0. The van der Waals surface area contributed by atoms with Crippen molar-refractivity contribution in [3.63, 3.8) is 0 Å².